The number of hydrogen-bond donors (Lipinski definition) is 1. The Kier molecular flexibility index (Phi) is 7.14. The third kappa shape index (κ3) is 6.47. The maximum absolute atomic E-state index is 12.1. The van der Waals surface area contributed by atoms with Crippen molar-refractivity contribution in [3.63, 3.8) is 0 Å². The second kappa shape index (κ2) is 9.14. The van der Waals surface area contributed by atoms with E-state index in [0.29, 0.717) is 6.42 Å². The molecule has 9 nitrogen and oxygen atoms in total. The summed E-state index contributed by atoms with van der Waals surface area (Å²) < 4.78 is 25.3. The van der Waals surface area contributed by atoms with Crippen LogP contribution in [0.15, 0.2) is 24.3 Å². The van der Waals surface area contributed by atoms with E-state index in [1.165, 1.54) is 24.3 Å². The molecule has 1 aromatic rings. The number of nitrogens with one attached hydrogen (secondary N) is 1. The van der Waals surface area contributed by atoms with Crippen molar-refractivity contribution in [2.24, 2.45) is 0 Å². The average Bonchev–Trinajstić information content (AvgIpc) is 2.59. The van der Waals surface area contributed by atoms with Crippen molar-refractivity contribution in [3.8, 4) is 0 Å². The van der Waals surface area contributed by atoms with E-state index in [1.54, 1.807) is 0 Å². The zero-order valence-electron chi connectivity index (χ0n) is 15.6. The van der Waals surface area contributed by atoms with E-state index >= 15 is 0 Å². The summed E-state index contributed by atoms with van der Waals surface area (Å²) >= 11 is 0. The van der Waals surface area contributed by atoms with Crippen LogP contribution in [0, 0.1) is 10.1 Å². The smallest absolute Gasteiger partial charge is 0.271 e. The van der Waals surface area contributed by atoms with Gasteiger partial charge in [0.15, 0.2) is 0 Å². The molecule has 2 rings (SSSR count). The molecule has 1 saturated heterocycles. The molecule has 0 unspecified atom stereocenters. The first-order valence-electron chi connectivity index (χ1n) is 8.87. The number of benzene rings is 1. The summed E-state index contributed by atoms with van der Waals surface area (Å²) in [4.78, 5) is 24.7. The van der Waals surface area contributed by atoms with Crippen molar-refractivity contribution < 1.29 is 18.1 Å². The Morgan fingerprint density at radius 3 is 2.63 bits per heavy atom. The first-order chi connectivity index (χ1) is 12.7. The van der Waals surface area contributed by atoms with Crippen molar-refractivity contribution in [1.29, 1.82) is 0 Å². The number of nitro benzene ring substituents is 1. The monoisotopic (exact) mass is 398 g/mol. The van der Waals surface area contributed by atoms with E-state index in [4.69, 9.17) is 0 Å². The second-order valence-electron chi connectivity index (χ2n) is 6.86. The van der Waals surface area contributed by atoms with Gasteiger partial charge in [-0.2, -0.15) is 0 Å². The number of rotatable bonds is 8. The second-order valence-corrected chi connectivity index (χ2v) is 8.77. The molecule has 0 saturated carbocycles. The molecule has 0 aliphatic carbocycles. The maximum Gasteiger partial charge on any atom is 0.271 e. The lowest BCUT2D eigenvalue weighted by Gasteiger charge is -2.29. The molecule has 1 aliphatic heterocycles. The number of likely N-dealkylation sites (tertiary alicyclic amines) is 1. The van der Waals surface area contributed by atoms with Crippen LogP contribution in [0.25, 0.3) is 0 Å². The van der Waals surface area contributed by atoms with E-state index < -0.39 is 14.9 Å². The molecule has 150 valence electrons. The number of anilines is 1. The quantitative estimate of drug-likeness (QED) is 0.522. The summed E-state index contributed by atoms with van der Waals surface area (Å²) in [6.07, 6.45) is 3.39. The van der Waals surface area contributed by atoms with Crippen LogP contribution in [0.5, 0.6) is 0 Å². The van der Waals surface area contributed by atoms with Crippen LogP contribution in [0.3, 0.4) is 0 Å². The van der Waals surface area contributed by atoms with Crippen molar-refractivity contribution in [1.82, 2.24) is 10.2 Å². The van der Waals surface area contributed by atoms with Gasteiger partial charge in [0.2, 0.25) is 15.9 Å². The van der Waals surface area contributed by atoms with Crippen LogP contribution in [-0.4, -0.2) is 63.1 Å². The number of non-ortho nitro benzene ring substituents is 1. The highest BCUT2D eigenvalue weighted by atomic mass is 32.2. The largest absolute Gasteiger partial charge is 0.353 e. The molecule has 0 radical (unpaired) electrons. The van der Waals surface area contributed by atoms with Crippen LogP contribution >= 0.6 is 0 Å². The van der Waals surface area contributed by atoms with Crippen molar-refractivity contribution in [2.45, 2.75) is 31.7 Å². The Labute approximate surface area is 159 Å². The predicted molar refractivity (Wildman–Crippen MR) is 103 cm³/mol. The molecule has 0 aromatic heterocycles. The molecule has 0 atom stereocenters. The average molecular weight is 398 g/mol. The highest BCUT2D eigenvalue weighted by Crippen LogP contribution is 2.23. The van der Waals surface area contributed by atoms with Gasteiger partial charge >= 0.3 is 0 Å². The summed E-state index contributed by atoms with van der Waals surface area (Å²) in [5.41, 5.74) is 0.0450. The molecular weight excluding hydrogens is 372 g/mol. The van der Waals surface area contributed by atoms with Gasteiger partial charge in [-0.05, 0) is 45.5 Å². The lowest BCUT2D eigenvalue weighted by atomic mass is 10.1. The zero-order chi connectivity index (χ0) is 20.0. The minimum Gasteiger partial charge on any atom is -0.353 e. The van der Waals surface area contributed by atoms with Gasteiger partial charge in [0, 0.05) is 31.1 Å². The van der Waals surface area contributed by atoms with Crippen LogP contribution in [0.2, 0.25) is 0 Å². The molecule has 0 bridgehead atoms. The molecular formula is C17H26N4O5S. The number of carbonyl (C=O) groups excluding carboxylic acids is 1. The molecule has 1 fully saturated rings. The Hall–Kier alpha value is -2.20. The maximum atomic E-state index is 12.1. The van der Waals surface area contributed by atoms with Gasteiger partial charge in [-0.25, -0.2) is 8.42 Å². The first kappa shape index (κ1) is 21.1. The molecule has 1 aliphatic rings. The van der Waals surface area contributed by atoms with Crippen molar-refractivity contribution in [3.05, 3.63) is 34.4 Å². The number of nitrogens with zero attached hydrogens (tertiary/aromatic N) is 3. The number of amides is 1. The predicted octanol–water partition coefficient (Wildman–Crippen LogP) is 1.35. The standard InChI is InChI=1S/C17H26N4O5S/c1-19-11-8-14(9-12-19)18-17(22)7-4-10-20(27(2,25)26)15-5-3-6-16(13-15)21(23)24/h3,5-6,13-14H,4,7-12H2,1-2H3,(H,18,22). The topological polar surface area (TPSA) is 113 Å². The van der Waals surface area contributed by atoms with E-state index in [1.807, 2.05) is 7.05 Å². The molecule has 1 amide bonds. The third-order valence-corrected chi connectivity index (χ3v) is 5.77. The summed E-state index contributed by atoms with van der Waals surface area (Å²) in [5.74, 6) is -0.1000. The van der Waals surface area contributed by atoms with Crippen LogP contribution in [-0.2, 0) is 14.8 Å². The normalized spacial score (nSPS) is 16.1. The molecule has 0 spiro atoms. The van der Waals surface area contributed by atoms with Crippen molar-refractivity contribution in [2.75, 3.05) is 37.2 Å². The van der Waals surface area contributed by atoms with Gasteiger partial charge in [0.1, 0.15) is 0 Å². The van der Waals surface area contributed by atoms with Gasteiger partial charge < -0.3 is 10.2 Å². The molecule has 10 heteroatoms. The first-order valence-corrected chi connectivity index (χ1v) is 10.7. The summed E-state index contributed by atoms with van der Waals surface area (Å²) in [6, 6.07) is 5.64. The Bertz CT molecular complexity index is 775. The lowest BCUT2D eigenvalue weighted by Crippen LogP contribution is -2.43. The van der Waals surface area contributed by atoms with E-state index in [2.05, 4.69) is 10.2 Å². The summed E-state index contributed by atoms with van der Waals surface area (Å²) in [7, 11) is -1.57. The number of piperidine rings is 1. The molecule has 27 heavy (non-hydrogen) atoms. The Balaban J connectivity index is 1.93. The van der Waals surface area contributed by atoms with E-state index in [9.17, 15) is 23.3 Å². The minimum absolute atomic E-state index is 0.0842. The minimum atomic E-state index is -3.62. The number of nitro groups is 1. The fraction of sp³-hybridized carbons (Fsp3) is 0.588. The summed E-state index contributed by atoms with van der Waals surface area (Å²) in [6.45, 7) is 1.97. The highest BCUT2D eigenvalue weighted by Gasteiger charge is 2.21. The SMILES string of the molecule is CN1CCC(NC(=O)CCCN(c2cccc([N+](=O)[O-])c2)S(C)(=O)=O)CC1. The van der Waals surface area contributed by atoms with Crippen LogP contribution in [0.1, 0.15) is 25.7 Å². The van der Waals surface area contributed by atoms with E-state index in [-0.39, 0.29) is 36.3 Å². The fourth-order valence-electron chi connectivity index (χ4n) is 3.08. The van der Waals surface area contributed by atoms with Gasteiger partial charge in [-0.3, -0.25) is 19.2 Å². The van der Waals surface area contributed by atoms with Gasteiger partial charge in [0.25, 0.3) is 5.69 Å². The van der Waals surface area contributed by atoms with Crippen LogP contribution in [0.4, 0.5) is 11.4 Å². The van der Waals surface area contributed by atoms with E-state index in [0.717, 1.165) is 36.5 Å². The number of sulfonamides is 1. The molecule has 1 N–H and O–H groups in total. The summed E-state index contributed by atoms with van der Waals surface area (Å²) in [5, 5.41) is 13.9. The number of hydrogen-bond acceptors (Lipinski definition) is 6. The Morgan fingerprint density at radius 2 is 2.04 bits per heavy atom. The molecule has 1 heterocycles. The van der Waals surface area contributed by atoms with Crippen molar-refractivity contribution >= 4 is 27.3 Å². The Morgan fingerprint density at radius 1 is 1.37 bits per heavy atom. The fourth-order valence-corrected chi connectivity index (χ4v) is 4.04. The number of carbonyl (C=O) groups is 1. The molecule has 1 aromatic carbocycles. The van der Waals surface area contributed by atoms with Gasteiger partial charge in [-0.15, -0.1) is 0 Å². The lowest BCUT2D eigenvalue weighted by molar-refractivity contribution is -0.384. The van der Waals surface area contributed by atoms with Gasteiger partial charge in [0.05, 0.1) is 16.9 Å². The highest BCUT2D eigenvalue weighted by molar-refractivity contribution is 7.92. The van der Waals surface area contributed by atoms with Gasteiger partial charge in [-0.1, -0.05) is 6.07 Å². The van der Waals surface area contributed by atoms with Crippen LogP contribution < -0.4 is 9.62 Å². The zero-order valence-corrected chi connectivity index (χ0v) is 16.4. The third-order valence-electron chi connectivity index (χ3n) is 4.58.